The van der Waals surface area contributed by atoms with Crippen molar-refractivity contribution in [3.63, 3.8) is 0 Å². The van der Waals surface area contributed by atoms with Gasteiger partial charge >= 0.3 is 0 Å². The van der Waals surface area contributed by atoms with E-state index in [9.17, 15) is 9.59 Å². The van der Waals surface area contributed by atoms with E-state index in [0.29, 0.717) is 27.4 Å². The maximum atomic E-state index is 13.0. The molecule has 4 rings (SSSR count). The number of fused-ring (bicyclic) bond motifs is 1. The minimum absolute atomic E-state index is 0.188. The van der Waals surface area contributed by atoms with Gasteiger partial charge in [-0.2, -0.15) is 0 Å². The Morgan fingerprint density at radius 3 is 2.57 bits per heavy atom. The third kappa shape index (κ3) is 3.74. The van der Waals surface area contributed by atoms with Gasteiger partial charge in [-0.25, -0.2) is 0 Å². The van der Waals surface area contributed by atoms with Crippen molar-refractivity contribution in [2.75, 3.05) is 5.32 Å². The van der Waals surface area contributed by atoms with Crippen LogP contribution in [0.5, 0.6) is 0 Å². The van der Waals surface area contributed by atoms with Crippen LogP contribution in [0, 0.1) is 0 Å². The van der Waals surface area contributed by atoms with Gasteiger partial charge in [0.05, 0.1) is 26.8 Å². The highest BCUT2D eigenvalue weighted by atomic mass is 79.9. The summed E-state index contributed by atoms with van der Waals surface area (Å²) >= 11 is 16.4. The fraction of sp³-hybridized carbons (Fsp3) is 0.0455. The minimum Gasteiger partial charge on any atom is -0.321 e. The molecule has 0 spiro atoms. The van der Waals surface area contributed by atoms with Crippen LogP contribution in [0.15, 0.2) is 70.2 Å². The SMILES string of the molecule is Cn1c(=O)c(-c2c(Cl)ccc(NC(=O)c3ccc(Br)cc3)c2Cl)cc2cnccc21. The van der Waals surface area contributed by atoms with Crippen molar-refractivity contribution in [2.45, 2.75) is 0 Å². The van der Waals surface area contributed by atoms with E-state index in [1.54, 1.807) is 68.0 Å². The van der Waals surface area contributed by atoms with Crippen molar-refractivity contribution in [1.29, 1.82) is 0 Å². The second-order valence-corrected chi connectivity index (χ2v) is 8.30. The molecule has 0 atom stereocenters. The molecule has 4 aromatic rings. The van der Waals surface area contributed by atoms with Crippen LogP contribution in [0.2, 0.25) is 10.0 Å². The Balaban J connectivity index is 1.82. The number of pyridine rings is 2. The molecule has 0 radical (unpaired) electrons. The summed E-state index contributed by atoms with van der Waals surface area (Å²) in [6.07, 6.45) is 3.29. The van der Waals surface area contributed by atoms with Gasteiger partial charge in [-0.05, 0) is 48.5 Å². The Labute approximate surface area is 190 Å². The molecule has 0 aliphatic carbocycles. The fourth-order valence-electron chi connectivity index (χ4n) is 3.19. The van der Waals surface area contributed by atoms with Gasteiger partial charge in [0.1, 0.15) is 0 Å². The topological polar surface area (TPSA) is 64.0 Å². The molecule has 1 amide bonds. The van der Waals surface area contributed by atoms with E-state index < -0.39 is 0 Å². The number of carbonyl (C=O) groups excluding carboxylic acids is 1. The number of hydrogen-bond donors (Lipinski definition) is 1. The van der Waals surface area contributed by atoms with Crippen molar-refractivity contribution in [2.24, 2.45) is 7.05 Å². The van der Waals surface area contributed by atoms with E-state index in [4.69, 9.17) is 23.2 Å². The highest BCUT2D eigenvalue weighted by Crippen LogP contribution is 2.39. The number of hydrogen-bond acceptors (Lipinski definition) is 3. The van der Waals surface area contributed by atoms with Crippen molar-refractivity contribution in [3.05, 3.63) is 91.4 Å². The lowest BCUT2D eigenvalue weighted by atomic mass is 10.0. The quantitative estimate of drug-likeness (QED) is 0.378. The van der Waals surface area contributed by atoms with Gasteiger partial charge in [0.25, 0.3) is 11.5 Å². The Morgan fingerprint density at radius 1 is 1.10 bits per heavy atom. The van der Waals surface area contributed by atoms with Crippen molar-refractivity contribution >= 4 is 61.6 Å². The number of amides is 1. The number of rotatable bonds is 3. The number of carbonyl (C=O) groups is 1. The molecule has 0 saturated carbocycles. The lowest BCUT2D eigenvalue weighted by molar-refractivity contribution is 0.102. The largest absolute Gasteiger partial charge is 0.321 e. The van der Waals surface area contributed by atoms with Gasteiger partial charge in [-0.3, -0.25) is 14.6 Å². The van der Waals surface area contributed by atoms with Crippen LogP contribution in [-0.4, -0.2) is 15.5 Å². The highest BCUT2D eigenvalue weighted by molar-refractivity contribution is 9.10. The number of aromatic nitrogens is 2. The van der Waals surface area contributed by atoms with E-state index >= 15 is 0 Å². The molecule has 2 aromatic heterocycles. The van der Waals surface area contributed by atoms with E-state index in [2.05, 4.69) is 26.2 Å². The average Bonchev–Trinajstić information content (AvgIpc) is 2.74. The van der Waals surface area contributed by atoms with Crippen LogP contribution >= 0.6 is 39.1 Å². The van der Waals surface area contributed by atoms with Gasteiger partial charge < -0.3 is 9.88 Å². The molecule has 0 bridgehead atoms. The molecule has 1 N–H and O–H groups in total. The Bertz CT molecular complexity index is 1350. The molecule has 0 fully saturated rings. The summed E-state index contributed by atoms with van der Waals surface area (Å²) in [5, 5.41) is 4.05. The maximum Gasteiger partial charge on any atom is 0.258 e. The number of anilines is 1. The zero-order chi connectivity index (χ0) is 21.4. The Hall–Kier alpha value is -2.67. The van der Waals surface area contributed by atoms with E-state index in [-0.39, 0.29) is 16.5 Å². The normalized spacial score (nSPS) is 10.9. The van der Waals surface area contributed by atoms with Crippen LogP contribution in [-0.2, 0) is 7.05 Å². The van der Waals surface area contributed by atoms with Crippen LogP contribution in [0.4, 0.5) is 5.69 Å². The monoisotopic (exact) mass is 501 g/mol. The lowest BCUT2D eigenvalue weighted by Crippen LogP contribution is -2.19. The first-order valence-corrected chi connectivity index (χ1v) is 10.4. The molecular weight excluding hydrogens is 489 g/mol. The van der Waals surface area contributed by atoms with Crippen LogP contribution < -0.4 is 10.9 Å². The predicted octanol–water partition coefficient (Wildman–Crippen LogP) is 5.92. The molecule has 2 aromatic carbocycles. The third-order valence-electron chi connectivity index (χ3n) is 4.74. The second kappa shape index (κ2) is 8.22. The smallest absolute Gasteiger partial charge is 0.258 e. The van der Waals surface area contributed by atoms with E-state index in [1.165, 1.54) is 4.57 Å². The highest BCUT2D eigenvalue weighted by Gasteiger charge is 2.19. The zero-order valence-electron chi connectivity index (χ0n) is 15.6. The van der Waals surface area contributed by atoms with Crippen LogP contribution in [0.25, 0.3) is 22.0 Å². The van der Waals surface area contributed by atoms with Crippen molar-refractivity contribution < 1.29 is 4.79 Å². The van der Waals surface area contributed by atoms with Gasteiger partial charge in [0.2, 0.25) is 0 Å². The maximum absolute atomic E-state index is 13.0. The number of benzene rings is 2. The molecule has 0 unspecified atom stereocenters. The molecule has 0 saturated heterocycles. The average molecular weight is 503 g/mol. The summed E-state index contributed by atoms with van der Waals surface area (Å²) in [5.41, 5.74) is 2.00. The summed E-state index contributed by atoms with van der Waals surface area (Å²) in [6.45, 7) is 0. The molecule has 30 heavy (non-hydrogen) atoms. The first kappa shape index (κ1) is 20.6. The van der Waals surface area contributed by atoms with Crippen LogP contribution in [0.3, 0.4) is 0 Å². The van der Waals surface area contributed by atoms with Crippen molar-refractivity contribution in [1.82, 2.24) is 9.55 Å². The van der Waals surface area contributed by atoms with E-state index in [0.717, 1.165) is 15.4 Å². The number of halogens is 3. The molecule has 0 aliphatic heterocycles. The first-order valence-electron chi connectivity index (χ1n) is 8.86. The molecule has 150 valence electrons. The minimum atomic E-state index is -0.326. The van der Waals surface area contributed by atoms with Gasteiger partial charge in [-0.15, -0.1) is 0 Å². The molecule has 5 nitrogen and oxygen atoms in total. The zero-order valence-corrected chi connectivity index (χ0v) is 18.7. The summed E-state index contributed by atoms with van der Waals surface area (Å²) in [5.74, 6) is -0.326. The standard InChI is InChI=1S/C22H14BrCl2N3O2/c1-28-18-8-9-26-11-13(18)10-15(22(28)30)19-16(24)6-7-17(20(19)25)27-21(29)12-2-4-14(23)5-3-12/h2-11H,1H3,(H,27,29). The summed E-state index contributed by atoms with van der Waals surface area (Å²) in [7, 11) is 1.68. The molecular formula is C22H14BrCl2N3O2. The number of nitrogens with one attached hydrogen (secondary N) is 1. The third-order valence-corrected chi connectivity index (χ3v) is 5.98. The van der Waals surface area contributed by atoms with Gasteiger partial charge in [0, 0.05) is 40.4 Å². The lowest BCUT2D eigenvalue weighted by Gasteiger charge is -2.14. The fourth-order valence-corrected chi connectivity index (χ4v) is 4.08. The molecule has 2 heterocycles. The molecule has 8 heteroatoms. The van der Waals surface area contributed by atoms with Crippen molar-refractivity contribution in [3.8, 4) is 11.1 Å². The Morgan fingerprint density at radius 2 is 1.83 bits per heavy atom. The molecule has 0 aliphatic rings. The first-order chi connectivity index (χ1) is 14.4. The summed E-state index contributed by atoms with van der Waals surface area (Å²) < 4.78 is 2.39. The predicted molar refractivity (Wildman–Crippen MR) is 125 cm³/mol. The summed E-state index contributed by atoms with van der Waals surface area (Å²) in [4.78, 5) is 29.7. The van der Waals surface area contributed by atoms with E-state index in [1.807, 2.05) is 0 Å². The number of nitrogens with zero attached hydrogens (tertiary/aromatic N) is 2. The second-order valence-electron chi connectivity index (χ2n) is 6.60. The summed E-state index contributed by atoms with van der Waals surface area (Å²) in [6, 6.07) is 13.6. The van der Waals surface area contributed by atoms with Gasteiger partial charge in [0.15, 0.2) is 0 Å². The van der Waals surface area contributed by atoms with Gasteiger partial charge in [-0.1, -0.05) is 39.1 Å². The Kier molecular flexibility index (Phi) is 5.64. The number of aryl methyl sites for hydroxylation is 1. The van der Waals surface area contributed by atoms with Crippen LogP contribution in [0.1, 0.15) is 10.4 Å².